The van der Waals surface area contributed by atoms with E-state index >= 15 is 0 Å². The minimum Gasteiger partial charge on any atom is -0.459 e. The lowest BCUT2D eigenvalue weighted by Gasteiger charge is -2.17. The Morgan fingerprint density at radius 1 is 1.47 bits per heavy atom. The molecule has 1 aromatic rings. The Labute approximate surface area is 100 Å². The lowest BCUT2D eigenvalue weighted by molar-refractivity contribution is 0.0721. The predicted octanol–water partition coefficient (Wildman–Crippen LogP) is 1.43. The van der Waals surface area contributed by atoms with E-state index in [0.29, 0.717) is 18.2 Å². The standard InChI is InChI=1S/C13H17NO3/c1-8-4-5-17-12(8)13(16)14-6-9-2-3-11(15)10(9)7-14/h4-5,9-11,15H,2-3,6-7H2,1H3. The Kier molecular flexibility index (Phi) is 2.47. The number of rotatable bonds is 1. The van der Waals surface area contributed by atoms with E-state index in [1.807, 2.05) is 11.8 Å². The van der Waals surface area contributed by atoms with Gasteiger partial charge in [0.1, 0.15) is 0 Å². The summed E-state index contributed by atoms with van der Waals surface area (Å²) in [5.74, 6) is 1.16. The zero-order valence-electron chi connectivity index (χ0n) is 9.93. The number of hydrogen-bond acceptors (Lipinski definition) is 3. The van der Waals surface area contributed by atoms with Crippen LogP contribution in [-0.4, -0.2) is 35.1 Å². The minimum atomic E-state index is -0.226. The first-order valence-electron chi connectivity index (χ1n) is 6.18. The third kappa shape index (κ3) is 1.67. The van der Waals surface area contributed by atoms with Gasteiger partial charge >= 0.3 is 0 Å². The Balaban J connectivity index is 1.75. The number of aryl methyl sites for hydroxylation is 1. The number of carbonyl (C=O) groups excluding carboxylic acids is 1. The molecule has 1 aliphatic heterocycles. The monoisotopic (exact) mass is 235 g/mol. The van der Waals surface area contributed by atoms with Gasteiger partial charge in [0, 0.05) is 24.6 Å². The summed E-state index contributed by atoms with van der Waals surface area (Å²) >= 11 is 0. The molecule has 0 aromatic carbocycles. The van der Waals surface area contributed by atoms with E-state index in [2.05, 4.69) is 0 Å². The molecular formula is C13H17NO3. The minimum absolute atomic E-state index is 0.0332. The van der Waals surface area contributed by atoms with E-state index in [4.69, 9.17) is 4.42 Å². The van der Waals surface area contributed by atoms with Gasteiger partial charge in [-0.15, -0.1) is 0 Å². The molecule has 3 atom stereocenters. The van der Waals surface area contributed by atoms with Gasteiger partial charge in [-0.05, 0) is 31.7 Å². The van der Waals surface area contributed by atoms with E-state index in [-0.39, 0.29) is 17.9 Å². The number of fused-ring (bicyclic) bond motifs is 1. The highest BCUT2D eigenvalue weighted by Crippen LogP contribution is 2.38. The van der Waals surface area contributed by atoms with Crippen LogP contribution in [0, 0.1) is 18.8 Å². The summed E-state index contributed by atoms with van der Waals surface area (Å²) in [6, 6.07) is 1.80. The highest BCUT2D eigenvalue weighted by Gasteiger charge is 2.43. The highest BCUT2D eigenvalue weighted by atomic mass is 16.3. The van der Waals surface area contributed by atoms with E-state index in [1.165, 1.54) is 0 Å². The van der Waals surface area contributed by atoms with Gasteiger partial charge in [0.25, 0.3) is 5.91 Å². The molecule has 1 N–H and O–H groups in total. The number of likely N-dealkylation sites (tertiary alicyclic amines) is 1. The van der Waals surface area contributed by atoms with Crippen LogP contribution in [0.2, 0.25) is 0 Å². The molecule has 0 spiro atoms. The number of hydrogen-bond donors (Lipinski definition) is 1. The third-order valence-corrected chi connectivity index (χ3v) is 4.16. The van der Waals surface area contributed by atoms with Crippen LogP contribution in [0.15, 0.2) is 16.7 Å². The summed E-state index contributed by atoms with van der Waals surface area (Å²) < 4.78 is 5.23. The maximum Gasteiger partial charge on any atom is 0.289 e. The van der Waals surface area contributed by atoms with Gasteiger partial charge in [-0.3, -0.25) is 4.79 Å². The smallest absolute Gasteiger partial charge is 0.289 e. The summed E-state index contributed by atoms with van der Waals surface area (Å²) in [6.45, 7) is 3.31. The SMILES string of the molecule is Cc1ccoc1C(=O)N1CC2CCC(O)C2C1. The fraction of sp³-hybridized carbons (Fsp3) is 0.615. The summed E-state index contributed by atoms with van der Waals surface area (Å²) in [6.07, 6.45) is 3.24. The lowest BCUT2D eigenvalue weighted by atomic mass is 10.00. The maximum atomic E-state index is 12.2. The quantitative estimate of drug-likeness (QED) is 0.801. The van der Waals surface area contributed by atoms with Crippen molar-refractivity contribution in [2.45, 2.75) is 25.9 Å². The molecule has 4 nitrogen and oxygen atoms in total. The van der Waals surface area contributed by atoms with Crippen LogP contribution in [0.4, 0.5) is 0 Å². The highest BCUT2D eigenvalue weighted by molar-refractivity contribution is 5.93. The zero-order chi connectivity index (χ0) is 12.0. The summed E-state index contributed by atoms with van der Waals surface area (Å²) in [5.41, 5.74) is 0.882. The molecule has 1 saturated heterocycles. The predicted molar refractivity (Wildman–Crippen MR) is 61.6 cm³/mol. The average Bonchev–Trinajstić information content (AvgIpc) is 2.96. The average molecular weight is 235 g/mol. The molecule has 0 bridgehead atoms. The molecule has 3 unspecified atom stereocenters. The molecule has 2 fully saturated rings. The van der Waals surface area contributed by atoms with Crippen molar-refractivity contribution in [3.05, 3.63) is 23.7 Å². The van der Waals surface area contributed by atoms with Crippen molar-refractivity contribution < 1.29 is 14.3 Å². The van der Waals surface area contributed by atoms with E-state index in [0.717, 1.165) is 24.9 Å². The van der Waals surface area contributed by atoms with Crippen molar-refractivity contribution in [2.75, 3.05) is 13.1 Å². The first kappa shape index (κ1) is 10.8. The fourth-order valence-electron chi connectivity index (χ4n) is 3.14. The van der Waals surface area contributed by atoms with Crippen molar-refractivity contribution in [3.8, 4) is 0 Å². The van der Waals surface area contributed by atoms with Gasteiger partial charge in [0.15, 0.2) is 5.76 Å². The largest absolute Gasteiger partial charge is 0.459 e. The number of amides is 1. The molecule has 17 heavy (non-hydrogen) atoms. The van der Waals surface area contributed by atoms with Crippen molar-refractivity contribution in [1.29, 1.82) is 0 Å². The Bertz CT molecular complexity index is 440. The molecule has 0 radical (unpaired) electrons. The van der Waals surface area contributed by atoms with Gasteiger partial charge in [-0.1, -0.05) is 0 Å². The number of aliphatic hydroxyl groups is 1. The van der Waals surface area contributed by atoms with Crippen LogP contribution in [0.1, 0.15) is 29.0 Å². The molecule has 1 aromatic heterocycles. The fourth-order valence-corrected chi connectivity index (χ4v) is 3.14. The van der Waals surface area contributed by atoms with Crippen LogP contribution in [-0.2, 0) is 0 Å². The number of furan rings is 1. The van der Waals surface area contributed by atoms with Crippen LogP contribution in [0.25, 0.3) is 0 Å². The summed E-state index contributed by atoms with van der Waals surface area (Å²) in [4.78, 5) is 14.0. The Morgan fingerprint density at radius 2 is 2.29 bits per heavy atom. The van der Waals surface area contributed by atoms with Crippen molar-refractivity contribution >= 4 is 5.91 Å². The number of aliphatic hydroxyl groups excluding tert-OH is 1. The molecule has 3 rings (SSSR count). The van der Waals surface area contributed by atoms with Crippen molar-refractivity contribution in [3.63, 3.8) is 0 Å². The Morgan fingerprint density at radius 3 is 2.94 bits per heavy atom. The second kappa shape index (κ2) is 3.88. The van der Waals surface area contributed by atoms with Crippen LogP contribution in [0.5, 0.6) is 0 Å². The molecule has 2 aliphatic rings. The first-order valence-corrected chi connectivity index (χ1v) is 6.18. The lowest BCUT2D eigenvalue weighted by Crippen LogP contribution is -2.31. The van der Waals surface area contributed by atoms with E-state index in [1.54, 1.807) is 12.3 Å². The van der Waals surface area contributed by atoms with Gasteiger partial charge in [0.2, 0.25) is 0 Å². The van der Waals surface area contributed by atoms with Crippen LogP contribution >= 0.6 is 0 Å². The maximum absolute atomic E-state index is 12.2. The topological polar surface area (TPSA) is 53.7 Å². The van der Waals surface area contributed by atoms with Crippen molar-refractivity contribution in [2.24, 2.45) is 11.8 Å². The molecule has 4 heteroatoms. The third-order valence-electron chi connectivity index (χ3n) is 4.16. The van der Waals surface area contributed by atoms with Gasteiger partial charge in [-0.2, -0.15) is 0 Å². The molecule has 92 valence electrons. The second-order valence-electron chi connectivity index (χ2n) is 5.21. The second-order valence-corrected chi connectivity index (χ2v) is 5.21. The molecular weight excluding hydrogens is 218 g/mol. The normalized spacial score (nSPS) is 31.9. The van der Waals surface area contributed by atoms with Gasteiger partial charge in [-0.25, -0.2) is 0 Å². The van der Waals surface area contributed by atoms with Gasteiger partial charge < -0.3 is 14.4 Å². The van der Waals surface area contributed by atoms with Crippen LogP contribution < -0.4 is 0 Å². The van der Waals surface area contributed by atoms with Crippen molar-refractivity contribution in [1.82, 2.24) is 4.90 Å². The molecule has 1 aliphatic carbocycles. The summed E-state index contributed by atoms with van der Waals surface area (Å²) in [5, 5.41) is 9.82. The molecule has 1 saturated carbocycles. The zero-order valence-corrected chi connectivity index (χ0v) is 9.93. The van der Waals surface area contributed by atoms with E-state index in [9.17, 15) is 9.90 Å². The molecule has 1 amide bonds. The number of carbonyl (C=O) groups is 1. The molecule has 2 heterocycles. The summed E-state index contributed by atoms with van der Waals surface area (Å²) in [7, 11) is 0. The van der Waals surface area contributed by atoms with E-state index < -0.39 is 0 Å². The van der Waals surface area contributed by atoms with Gasteiger partial charge in [0.05, 0.1) is 12.4 Å². The van der Waals surface area contributed by atoms with Crippen LogP contribution in [0.3, 0.4) is 0 Å². The number of nitrogens with zero attached hydrogens (tertiary/aromatic N) is 1. The first-order chi connectivity index (χ1) is 8.16. The Hall–Kier alpha value is -1.29.